The Bertz CT molecular complexity index is 828. The van der Waals surface area contributed by atoms with Crippen LogP contribution >= 0.6 is 11.3 Å². The van der Waals surface area contributed by atoms with E-state index >= 15 is 0 Å². The van der Waals surface area contributed by atoms with Gasteiger partial charge in [-0.1, -0.05) is 18.2 Å². The Kier molecular flexibility index (Phi) is 4.02. The number of para-hydroxylation sites is 1. The first-order chi connectivity index (χ1) is 10.6. The molecule has 3 rings (SSSR count). The minimum Gasteiger partial charge on any atom is -0.370 e. The van der Waals surface area contributed by atoms with Gasteiger partial charge in [-0.3, -0.25) is 4.79 Å². The third-order valence-corrected chi connectivity index (χ3v) is 4.32. The average Bonchev–Trinajstić information content (AvgIpc) is 2.92. The van der Waals surface area contributed by atoms with Crippen LogP contribution in [0.3, 0.4) is 0 Å². The summed E-state index contributed by atoms with van der Waals surface area (Å²) >= 11 is 1.65. The average molecular weight is 312 g/mol. The molecule has 22 heavy (non-hydrogen) atoms. The molecular formula is C16H16N4OS. The smallest absolute Gasteiger partial charge is 0.249 e. The topological polar surface area (TPSA) is 80.9 Å². The summed E-state index contributed by atoms with van der Waals surface area (Å²) in [6.07, 6.45) is 0.818. The van der Waals surface area contributed by atoms with Crippen LogP contribution in [0.2, 0.25) is 0 Å². The van der Waals surface area contributed by atoms with Crippen LogP contribution in [0, 0.1) is 6.92 Å². The van der Waals surface area contributed by atoms with Gasteiger partial charge in [-0.15, -0.1) is 11.3 Å². The summed E-state index contributed by atoms with van der Waals surface area (Å²) in [6.45, 7) is 2.69. The van der Waals surface area contributed by atoms with Crippen LogP contribution in [0.4, 0.5) is 5.82 Å². The highest BCUT2D eigenvalue weighted by atomic mass is 32.1. The molecule has 112 valence electrons. The minimum atomic E-state index is -0.447. The van der Waals surface area contributed by atoms with Crippen molar-refractivity contribution in [3.63, 3.8) is 0 Å². The van der Waals surface area contributed by atoms with Crippen molar-refractivity contribution in [2.75, 3.05) is 11.9 Å². The number of hydrogen-bond donors (Lipinski definition) is 2. The van der Waals surface area contributed by atoms with Crippen LogP contribution in [0.15, 0.2) is 35.7 Å². The molecular weight excluding hydrogens is 296 g/mol. The number of carbonyl (C=O) groups excluding carboxylic acids is 1. The van der Waals surface area contributed by atoms with Crippen LogP contribution in [0.5, 0.6) is 0 Å². The largest absolute Gasteiger partial charge is 0.370 e. The van der Waals surface area contributed by atoms with Gasteiger partial charge in [0.05, 0.1) is 16.1 Å². The molecule has 0 saturated carbocycles. The second-order valence-electron chi connectivity index (χ2n) is 5.00. The number of primary amides is 1. The molecule has 0 aliphatic rings. The Hall–Kier alpha value is -2.47. The van der Waals surface area contributed by atoms with E-state index in [0.717, 1.165) is 28.0 Å². The number of aromatic nitrogens is 2. The van der Waals surface area contributed by atoms with Gasteiger partial charge in [-0.2, -0.15) is 0 Å². The fraction of sp³-hybridized carbons (Fsp3) is 0.188. The maximum absolute atomic E-state index is 11.6. The molecule has 2 aromatic heterocycles. The molecule has 0 radical (unpaired) electrons. The summed E-state index contributed by atoms with van der Waals surface area (Å²) in [5.74, 6) is 0.206. The van der Waals surface area contributed by atoms with E-state index in [9.17, 15) is 4.79 Å². The molecule has 6 heteroatoms. The van der Waals surface area contributed by atoms with Gasteiger partial charge in [0.1, 0.15) is 5.82 Å². The highest BCUT2D eigenvalue weighted by Gasteiger charge is 2.10. The number of nitrogens with one attached hydrogen (secondary N) is 1. The number of nitrogens with two attached hydrogens (primary N) is 1. The fourth-order valence-corrected chi connectivity index (χ4v) is 3.06. The van der Waals surface area contributed by atoms with Crippen molar-refractivity contribution in [1.82, 2.24) is 9.97 Å². The van der Waals surface area contributed by atoms with Gasteiger partial charge in [-0.25, -0.2) is 9.97 Å². The lowest BCUT2D eigenvalue weighted by Crippen LogP contribution is -2.13. The standard InChI is InChI=1S/C16H16N4OS/c1-10-9-22-15(19-10)6-7-18-14-8-12(16(17)21)11-4-2-3-5-13(11)20-14/h2-5,8-9H,6-7H2,1H3,(H2,17,21)(H,18,20). The van der Waals surface area contributed by atoms with Crippen LogP contribution < -0.4 is 11.1 Å². The molecule has 0 saturated heterocycles. The van der Waals surface area contributed by atoms with E-state index in [0.29, 0.717) is 17.9 Å². The number of thiazole rings is 1. The Morgan fingerprint density at radius 2 is 2.14 bits per heavy atom. The van der Waals surface area contributed by atoms with Gasteiger partial charge in [0.25, 0.3) is 0 Å². The molecule has 0 aliphatic heterocycles. The first-order valence-electron chi connectivity index (χ1n) is 6.98. The van der Waals surface area contributed by atoms with Crippen molar-refractivity contribution in [1.29, 1.82) is 0 Å². The van der Waals surface area contributed by atoms with Crippen LogP contribution in [-0.2, 0) is 6.42 Å². The first kappa shape index (κ1) is 14.5. The van der Waals surface area contributed by atoms with E-state index in [-0.39, 0.29) is 0 Å². The predicted octanol–water partition coefficient (Wildman–Crippen LogP) is 2.75. The molecule has 0 spiro atoms. The number of rotatable bonds is 5. The Balaban J connectivity index is 1.80. The molecule has 2 heterocycles. The number of carbonyl (C=O) groups is 1. The van der Waals surface area contributed by atoms with Crippen molar-refractivity contribution >= 4 is 34.0 Å². The second kappa shape index (κ2) is 6.11. The van der Waals surface area contributed by atoms with Gasteiger partial charge in [0, 0.05) is 29.4 Å². The normalized spacial score (nSPS) is 10.8. The second-order valence-corrected chi connectivity index (χ2v) is 5.94. The summed E-state index contributed by atoms with van der Waals surface area (Å²) in [5.41, 5.74) is 7.75. The third kappa shape index (κ3) is 3.07. The molecule has 0 unspecified atom stereocenters. The molecule has 3 aromatic rings. The number of amides is 1. The zero-order valence-corrected chi connectivity index (χ0v) is 13.0. The van der Waals surface area contributed by atoms with E-state index in [1.807, 2.05) is 36.6 Å². The summed E-state index contributed by atoms with van der Waals surface area (Å²) in [6, 6.07) is 9.19. The molecule has 0 aliphatic carbocycles. The Morgan fingerprint density at radius 3 is 2.86 bits per heavy atom. The van der Waals surface area contributed by atoms with Crippen molar-refractivity contribution in [2.45, 2.75) is 13.3 Å². The van der Waals surface area contributed by atoms with E-state index < -0.39 is 5.91 Å². The van der Waals surface area contributed by atoms with Gasteiger partial charge in [0.2, 0.25) is 5.91 Å². The lowest BCUT2D eigenvalue weighted by atomic mass is 10.1. The Labute approximate surface area is 132 Å². The van der Waals surface area contributed by atoms with Crippen molar-refractivity contribution in [3.8, 4) is 0 Å². The summed E-state index contributed by atoms with van der Waals surface area (Å²) in [7, 11) is 0. The van der Waals surface area contributed by atoms with Gasteiger partial charge >= 0.3 is 0 Å². The van der Waals surface area contributed by atoms with Crippen molar-refractivity contribution in [2.24, 2.45) is 5.73 Å². The molecule has 5 nitrogen and oxygen atoms in total. The zero-order chi connectivity index (χ0) is 15.5. The lowest BCUT2D eigenvalue weighted by molar-refractivity contribution is 0.100. The van der Waals surface area contributed by atoms with Crippen molar-refractivity contribution in [3.05, 3.63) is 52.0 Å². The summed E-state index contributed by atoms with van der Waals surface area (Å²) in [5, 5.41) is 7.13. The SMILES string of the molecule is Cc1csc(CCNc2cc(C(N)=O)c3ccccc3n2)n1. The fourth-order valence-electron chi connectivity index (χ4n) is 2.28. The number of pyridine rings is 1. The van der Waals surface area contributed by atoms with Crippen LogP contribution in [0.25, 0.3) is 10.9 Å². The molecule has 1 aromatic carbocycles. The molecule has 0 fully saturated rings. The summed E-state index contributed by atoms with van der Waals surface area (Å²) < 4.78 is 0. The van der Waals surface area contributed by atoms with Crippen LogP contribution in [0.1, 0.15) is 21.1 Å². The maximum atomic E-state index is 11.6. The highest BCUT2D eigenvalue weighted by molar-refractivity contribution is 7.09. The van der Waals surface area contributed by atoms with E-state index in [1.54, 1.807) is 17.4 Å². The minimum absolute atomic E-state index is 0.447. The lowest BCUT2D eigenvalue weighted by Gasteiger charge is -2.09. The van der Waals surface area contributed by atoms with E-state index in [1.165, 1.54) is 0 Å². The predicted molar refractivity (Wildman–Crippen MR) is 89.3 cm³/mol. The maximum Gasteiger partial charge on any atom is 0.249 e. The van der Waals surface area contributed by atoms with E-state index in [2.05, 4.69) is 15.3 Å². The van der Waals surface area contributed by atoms with Crippen molar-refractivity contribution < 1.29 is 4.79 Å². The number of anilines is 1. The highest BCUT2D eigenvalue weighted by Crippen LogP contribution is 2.20. The number of nitrogens with zero attached hydrogens (tertiary/aromatic N) is 2. The number of aryl methyl sites for hydroxylation is 1. The quantitative estimate of drug-likeness (QED) is 0.759. The number of hydrogen-bond acceptors (Lipinski definition) is 5. The zero-order valence-electron chi connectivity index (χ0n) is 12.2. The van der Waals surface area contributed by atoms with E-state index in [4.69, 9.17) is 5.73 Å². The molecule has 0 atom stereocenters. The molecule has 3 N–H and O–H groups in total. The van der Waals surface area contributed by atoms with Gasteiger partial charge in [-0.05, 0) is 19.1 Å². The monoisotopic (exact) mass is 312 g/mol. The third-order valence-electron chi connectivity index (χ3n) is 3.29. The van der Waals surface area contributed by atoms with Gasteiger partial charge in [0.15, 0.2) is 0 Å². The molecule has 1 amide bonds. The molecule has 0 bridgehead atoms. The Morgan fingerprint density at radius 1 is 1.32 bits per heavy atom. The van der Waals surface area contributed by atoms with Gasteiger partial charge < -0.3 is 11.1 Å². The van der Waals surface area contributed by atoms with Crippen LogP contribution in [-0.4, -0.2) is 22.4 Å². The summed E-state index contributed by atoms with van der Waals surface area (Å²) in [4.78, 5) is 20.6. The number of fused-ring (bicyclic) bond motifs is 1. The number of benzene rings is 1. The first-order valence-corrected chi connectivity index (χ1v) is 7.86.